The Bertz CT molecular complexity index is 819. The van der Waals surface area contributed by atoms with Crippen LogP contribution in [0, 0.1) is 0 Å². The highest BCUT2D eigenvalue weighted by molar-refractivity contribution is 5.88. The molecular weight excluding hydrogens is 330 g/mol. The van der Waals surface area contributed by atoms with Crippen LogP contribution in [0.15, 0.2) is 30.3 Å². The lowest BCUT2D eigenvalue weighted by molar-refractivity contribution is 0.146. The molecule has 0 bridgehead atoms. The van der Waals surface area contributed by atoms with Gasteiger partial charge in [-0.1, -0.05) is 6.07 Å². The van der Waals surface area contributed by atoms with Crippen LogP contribution in [0.4, 0.5) is 10.5 Å². The van der Waals surface area contributed by atoms with Crippen LogP contribution in [0.2, 0.25) is 0 Å². The average Bonchev–Trinajstić information content (AvgIpc) is 2.61. The van der Waals surface area contributed by atoms with Gasteiger partial charge in [0.2, 0.25) is 0 Å². The van der Waals surface area contributed by atoms with Crippen molar-refractivity contribution in [3.63, 3.8) is 0 Å². The largest absolute Gasteiger partial charge is 0.444 e. The molecule has 136 valence electrons. The fourth-order valence-electron chi connectivity index (χ4n) is 3.49. The predicted molar refractivity (Wildman–Crippen MR) is 98.6 cm³/mol. The number of rotatable bonds is 3. The molecule has 1 aromatic heterocycles. The molecule has 7 nitrogen and oxygen atoms in total. The van der Waals surface area contributed by atoms with Crippen LogP contribution in [0.1, 0.15) is 25.1 Å². The standard InChI is InChI=1S/C19H23N5O2/c1-19(2)12-24(8-7-20-19)10-15-4-6-17(23-22-15)13-3-5-16-14(9-13)11-26-18(25)21-16/h3-6,9,20H,7-8,10-12H2,1-2H3,(H,21,25). The van der Waals surface area contributed by atoms with E-state index in [0.29, 0.717) is 0 Å². The predicted octanol–water partition coefficient (Wildman–Crippen LogP) is 2.39. The Hall–Kier alpha value is -2.51. The number of nitrogens with one attached hydrogen (secondary N) is 2. The van der Waals surface area contributed by atoms with E-state index in [0.717, 1.165) is 54.4 Å². The molecule has 0 saturated carbocycles. The van der Waals surface area contributed by atoms with E-state index in [-0.39, 0.29) is 12.1 Å². The number of amides is 1. The van der Waals surface area contributed by atoms with Gasteiger partial charge in [0.05, 0.1) is 17.1 Å². The van der Waals surface area contributed by atoms with Crippen molar-refractivity contribution in [2.45, 2.75) is 32.5 Å². The summed E-state index contributed by atoms with van der Waals surface area (Å²) in [5, 5.41) is 15.0. The smallest absolute Gasteiger partial charge is 0.411 e. The van der Waals surface area contributed by atoms with Crippen molar-refractivity contribution in [1.29, 1.82) is 0 Å². The molecule has 0 spiro atoms. The van der Waals surface area contributed by atoms with E-state index in [2.05, 4.69) is 39.6 Å². The zero-order valence-electron chi connectivity index (χ0n) is 15.1. The zero-order chi connectivity index (χ0) is 18.1. The molecule has 7 heteroatoms. The van der Waals surface area contributed by atoms with Gasteiger partial charge in [0.15, 0.2) is 0 Å². The van der Waals surface area contributed by atoms with Crippen molar-refractivity contribution < 1.29 is 9.53 Å². The summed E-state index contributed by atoms with van der Waals surface area (Å²) in [4.78, 5) is 13.7. The van der Waals surface area contributed by atoms with Crippen LogP contribution in [0.25, 0.3) is 11.3 Å². The monoisotopic (exact) mass is 353 g/mol. The number of anilines is 1. The van der Waals surface area contributed by atoms with E-state index >= 15 is 0 Å². The Morgan fingerprint density at radius 1 is 1.23 bits per heavy atom. The summed E-state index contributed by atoms with van der Waals surface area (Å²) in [5.41, 5.74) is 4.61. The number of cyclic esters (lactones) is 1. The van der Waals surface area contributed by atoms with E-state index in [9.17, 15) is 4.79 Å². The summed E-state index contributed by atoms with van der Waals surface area (Å²) >= 11 is 0. The third-order valence-corrected chi connectivity index (χ3v) is 4.75. The Morgan fingerprint density at radius 2 is 2.12 bits per heavy atom. The number of aromatic nitrogens is 2. The molecule has 0 unspecified atom stereocenters. The van der Waals surface area contributed by atoms with Gasteiger partial charge in [0, 0.05) is 42.8 Å². The van der Waals surface area contributed by atoms with Gasteiger partial charge < -0.3 is 10.1 Å². The van der Waals surface area contributed by atoms with Crippen LogP contribution in [0.3, 0.4) is 0 Å². The lowest BCUT2D eigenvalue weighted by Gasteiger charge is -2.38. The van der Waals surface area contributed by atoms with Gasteiger partial charge in [-0.05, 0) is 38.1 Å². The second-order valence-corrected chi connectivity index (χ2v) is 7.50. The molecule has 0 atom stereocenters. The maximum atomic E-state index is 11.3. The van der Waals surface area contributed by atoms with Crippen LogP contribution in [-0.4, -0.2) is 46.4 Å². The molecule has 2 aliphatic rings. The first-order chi connectivity index (χ1) is 12.5. The van der Waals surface area contributed by atoms with Crippen molar-refractivity contribution in [1.82, 2.24) is 20.4 Å². The van der Waals surface area contributed by atoms with Crippen LogP contribution in [-0.2, 0) is 17.9 Å². The van der Waals surface area contributed by atoms with E-state index < -0.39 is 6.09 Å². The minimum atomic E-state index is -0.412. The molecule has 3 heterocycles. The lowest BCUT2D eigenvalue weighted by Crippen LogP contribution is -2.56. The highest BCUT2D eigenvalue weighted by atomic mass is 16.5. The number of hydrogen-bond acceptors (Lipinski definition) is 6. The number of hydrogen-bond donors (Lipinski definition) is 2. The Morgan fingerprint density at radius 3 is 2.88 bits per heavy atom. The number of nitrogens with zero attached hydrogens (tertiary/aromatic N) is 3. The summed E-state index contributed by atoms with van der Waals surface area (Å²) in [7, 11) is 0. The average molecular weight is 353 g/mol. The zero-order valence-corrected chi connectivity index (χ0v) is 15.1. The Labute approximate surface area is 152 Å². The van der Waals surface area contributed by atoms with Gasteiger partial charge >= 0.3 is 6.09 Å². The number of piperazine rings is 1. The number of carbonyl (C=O) groups is 1. The molecule has 2 aromatic rings. The molecule has 1 amide bonds. The molecule has 2 N–H and O–H groups in total. The lowest BCUT2D eigenvalue weighted by atomic mass is 10.0. The van der Waals surface area contributed by atoms with Crippen molar-refractivity contribution in [2.75, 3.05) is 25.0 Å². The topological polar surface area (TPSA) is 79.4 Å². The van der Waals surface area contributed by atoms with Gasteiger partial charge in [-0.25, -0.2) is 4.79 Å². The van der Waals surface area contributed by atoms with E-state index in [1.165, 1.54) is 0 Å². The molecule has 26 heavy (non-hydrogen) atoms. The highest BCUT2D eigenvalue weighted by Crippen LogP contribution is 2.27. The molecule has 1 aromatic carbocycles. The molecule has 4 rings (SSSR count). The van der Waals surface area contributed by atoms with Crippen LogP contribution in [0.5, 0.6) is 0 Å². The first-order valence-corrected chi connectivity index (χ1v) is 8.86. The Balaban J connectivity index is 1.47. The van der Waals surface area contributed by atoms with Gasteiger partial charge in [-0.3, -0.25) is 10.2 Å². The third-order valence-electron chi connectivity index (χ3n) is 4.75. The normalized spacial score (nSPS) is 19.4. The second kappa shape index (κ2) is 6.66. The van der Waals surface area contributed by atoms with Gasteiger partial charge in [0.1, 0.15) is 6.61 Å². The summed E-state index contributed by atoms with van der Waals surface area (Å²) in [6.07, 6.45) is -0.412. The highest BCUT2D eigenvalue weighted by Gasteiger charge is 2.25. The van der Waals surface area contributed by atoms with Crippen molar-refractivity contribution in [2.24, 2.45) is 0 Å². The number of fused-ring (bicyclic) bond motifs is 1. The third kappa shape index (κ3) is 3.68. The summed E-state index contributed by atoms with van der Waals surface area (Å²) in [6.45, 7) is 8.52. The van der Waals surface area contributed by atoms with Crippen molar-refractivity contribution >= 4 is 11.8 Å². The molecule has 0 radical (unpaired) electrons. The first kappa shape index (κ1) is 16.9. The van der Waals surface area contributed by atoms with E-state index in [1.807, 2.05) is 30.3 Å². The molecular formula is C19H23N5O2. The SMILES string of the molecule is CC1(C)CN(Cc2ccc(-c3ccc4c(c3)COC(=O)N4)nn2)CCN1. The summed E-state index contributed by atoms with van der Waals surface area (Å²) < 4.78 is 5.02. The molecule has 1 fully saturated rings. The van der Waals surface area contributed by atoms with Crippen LogP contribution < -0.4 is 10.6 Å². The Kier molecular flexibility index (Phi) is 4.34. The summed E-state index contributed by atoms with van der Waals surface area (Å²) in [5.74, 6) is 0. The van der Waals surface area contributed by atoms with Crippen molar-refractivity contribution in [3.05, 3.63) is 41.6 Å². The molecule has 2 aliphatic heterocycles. The van der Waals surface area contributed by atoms with Gasteiger partial charge in [-0.2, -0.15) is 10.2 Å². The number of ether oxygens (including phenoxy) is 1. The van der Waals surface area contributed by atoms with Crippen molar-refractivity contribution in [3.8, 4) is 11.3 Å². The van der Waals surface area contributed by atoms with E-state index in [4.69, 9.17) is 4.74 Å². The first-order valence-electron chi connectivity index (χ1n) is 8.86. The minimum Gasteiger partial charge on any atom is -0.444 e. The quantitative estimate of drug-likeness (QED) is 0.882. The fourth-order valence-corrected chi connectivity index (χ4v) is 3.49. The van der Waals surface area contributed by atoms with Gasteiger partial charge in [0.25, 0.3) is 0 Å². The minimum absolute atomic E-state index is 0.131. The van der Waals surface area contributed by atoms with Crippen LogP contribution >= 0.6 is 0 Å². The van der Waals surface area contributed by atoms with Gasteiger partial charge in [-0.15, -0.1) is 0 Å². The molecule has 0 aliphatic carbocycles. The second-order valence-electron chi connectivity index (χ2n) is 7.50. The molecule has 1 saturated heterocycles. The number of carbonyl (C=O) groups excluding carboxylic acids is 1. The number of benzene rings is 1. The maximum Gasteiger partial charge on any atom is 0.411 e. The summed E-state index contributed by atoms with van der Waals surface area (Å²) in [6, 6.07) is 9.84. The fraction of sp³-hybridized carbons (Fsp3) is 0.421. The maximum absolute atomic E-state index is 11.3. The van der Waals surface area contributed by atoms with E-state index in [1.54, 1.807) is 0 Å².